The minimum Gasteiger partial charge on any atom is -0.321 e. The molecular formula is C13H8ClF3N2O. The predicted molar refractivity (Wildman–Crippen MR) is 68.6 cm³/mol. The van der Waals surface area contributed by atoms with E-state index >= 15 is 0 Å². The molecular weight excluding hydrogens is 293 g/mol. The molecule has 0 aliphatic rings. The van der Waals surface area contributed by atoms with E-state index < -0.39 is 17.6 Å². The van der Waals surface area contributed by atoms with Gasteiger partial charge < -0.3 is 5.32 Å². The van der Waals surface area contributed by atoms with Gasteiger partial charge in [0.05, 0.1) is 5.56 Å². The SMILES string of the molecule is O=C(Nc1ccc(C(F)(F)F)cc1)c1cccc(Cl)n1. The molecule has 0 aliphatic carbocycles. The van der Waals surface area contributed by atoms with Gasteiger partial charge in [-0.2, -0.15) is 13.2 Å². The van der Waals surface area contributed by atoms with Gasteiger partial charge in [0, 0.05) is 5.69 Å². The van der Waals surface area contributed by atoms with Crippen LogP contribution in [0.5, 0.6) is 0 Å². The molecule has 0 spiro atoms. The zero-order valence-electron chi connectivity index (χ0n) is 9.91. The van der Waals surface area contributed by atoms with E-state index in [2.05, 4.69) is 10.3 Å². The lowest BCUT2D eigenvalue weighted by Crippen LogP contribution is -2.14. The van der Waals surface area contributed by atoms with Crippen molar-refractivity contribution in [1.29, 1.82) is 0 Å². The van der Waals surface area contributed by atoms with Gasteiger partial charge in [0.2, 0.25) is 0 Å². The number of carbonyl (C=O) groups excluding carboxylic acids is 1. The highest BCUT2D eigenvalue weighted by Crippen LogP contribution is 2.29. The molecule has 0 fully saturated rings. The Morgan fingerprint density at radius 1 is 1.10 bits per heavy atom. The Bertz CT molecular complexity index is 626. The predicted octanol–water partition coefficient (Wildman–Crippen LogP) is 4.01. The van der Waals surface area contributed by atoms with Crippen LogP contribution < -0.4 is 5.32 Å². The first kappa shape index (κ1) is 14.3. The van der Waals surface area contributed by atoms with Crippen molar-refractivity contribution in [1.82, 2.24) is 4.98 Å². The maximum atomic E-state index is 12.4. The summed E-state index contributed by atoms with van der Waals surface area (Å²) in [5.74, 6) is -0.549. The maximum absolute atomic E-state index is 12.4. The van der Waals surface area contributed by atoms with Crippen molar-refractivity contribution < 1.29 is 18.0 Å². The number of benzene rings is 1. The molecule has 2 rings (SSSR count). The summed E-state index contributed by atoms with van der Waals surface area (Å²) < 4.78 is 37.1. The van der Waals surface area contributed by atoms with Crippen LogP contribution >= 0.6 is 11.6 Å². The number of halogens is 4. The Hall–Kier alpha value is -2.08. The number of hydrogen-bond acceptors (Lipinski definition) is 2. The molecule has 1 heterocycles. The normalized spacial score (nSPS) is 11.2. The van der Waals surface area contributed by atoms with E-state index in [9.17, 15) is 18.0 Å². The minimum absolute atomic E-state index is 0.0809. The van der Waals surface area contributed by atoms with Crippen molar-refractivity contribution in [2.75, 3.05) is 5.32 Å². The molecule has 0 bridgehead atoms. The van der Waals surface area contributed by atoms with E-state index in [-0.39, 0.29) is 16.5 Å². The fourth-order valence-corrected chi connectivity index (χ4v) is 1.64. The Labute approximate surface area is 117 Å². The lowest BCUT2D eigenvalue weighted by atomic mass is 10.2. The van der Waals surface area contributed by atoms with Gasteiger partial charge in [-0.1, -0.05) is 17.7 Å². The number of nitrogens with zero attached hydrogens (tertiary/aromatic N) is 1. The van der Waals surface area contributed by atoms with Gasteiger partial charge in [0.1, 0.15) is 10.8 Å². The number of amides is 1. The zero-order valence-corrected chi connectivity index (χ0v) is 10.7. The molecule has 1 aromatic carbocycles. The van der Waals surface area contributed by atoms with E-state index in [1.54, 1.807) is 6.07 Å². The van der Waals surface area contributed by atoms with Gasteiger partial charge in [-0.15, -0.1) is 0 Å². The van der Waals surface area contributed by atoms with Crippen molar-refractivity contribution >= 4 is 23.2 Å². The molecule has 3 nitrogen and oxygen atoms in total. The monoisotopic (exact) mass is 300 g/mol. The van der Waals surface area contributed by atoms with Crippen LogP contribution in [-0.4, -0.2) is 10.9 Å². The molecule has 7 heteroatoms. The molecule has 0 saturated carbocycles. The smallest absolute Gasteiger partial charge is 0.321 e. The molecule has 0 aliphatic heterocycles. The van der Waals surface area contributed by atoms with Crippen LogP contribution in [-0.2, 0) is 6.18 Å². The number of aromatic nitrogens is 1. The van der Waals surface area contributed by atoms with Crippen molar-refractivity contribution in [3.63, 3.8) is 0 Å². The summed E-state index contributed by atoms with van der Waals surface area (Å²) in [5.41, 5.74) is -0.460. The summed E-state index contributed by atoms with van der Waals surface area (Å²) in [6.45, 7) is 0. The van der Waals surface area contributed by atoms with Gasteiger partial charge in [-0.25, -0.2) is 4.98 Å². The summed E-state index contributed by atoms with van der Waals surface area (Å²) >= 11 is 5.65. The van der Waals surface area contributed by atoms with E-state index in [4.69, 9.17) is 11.6 Å². The summed E-state index contributed by atoms with van der Waals surface area (Å²) in [6.07, 6.45) is -4.41. The van der Waals surface area contributed by atoms with E-state index in [0.29, 0.717) is 0 Å². The number of anilines is 1. The number of pyridine rings is 1. The number of alkyl halides is 3. The third kappa shape index (κ3) is 3.48. The van der Waals surface area contributed by atoms with Crippen LogP contribution in [0.2, 0.25) is 5.15 Å². The lowest BCUT2D eigenvalue weighted by Gasteiger charge is -2.08. The average Bonchev–Trinajstić information content (AvgIpc) is 2.38. The van der Waals surface area contributed by atoms with Gasteiger partial charge in [0.15, 0.2) is 0 Å². The van der Waals surface area contributed by atoms with Gasteiger partial charge >= 0.3 is 6.18 Å². The Morgan fingerprint density at radius 2 is 1.75 bits per heavy atom. The van der Waals surface area contributed by atoms with E-state index in [0.717, 1.165) is 12.1 Å². The quantitative estimate of drug-likeness (QED) is 0.852. The lowest BCUT2D eigenvalue weighted by molar-refractivity contribution is -0.137. The van der Waals surface area contributed by atoms with Gasteiger partial charge in [0.25, 0.3) is 5.91 Å². The highest BCUT2D eigenvalue weighted by molar-refractivity contribution is 6.29. The van der Waals surface area contributed by atoms with Crippen LogP contribution in [0.15, 0.2) is 42.5 Å². The third-order valence-corrected chi connectivity index (χ3v) is 2.63. The molecule has 1 amide bonds. The topological polar surface area (TPSA) is 42.0 Å². The molecule has 2 aromatic rings. The Balaban J connectivity index is 2.12. The number of rotatable bonds is 2. The first-order valence-corrected chi connectivity index (χ1v) is 5.85. The van der Waals surface area contributed by atoms with Crippen molar-refractivity contribution in [2.24, 2.45) is 0 Å². The zero-order chi connectivity index (χ0) is 14.8. The molecule has 0 radical (unpaired) electrons. The summed E-state index contributed by atoms with van der Waals surface area (Å²) in [5, 5.41) is 2.59. The average molecular weight is 301 g/mol. The number of carbonyl (C=O) groups is 1. The van der Waals surface area contributed by atoms with Crippen LogP contribution in [0, 0.1) is 0 Å². The van der Waals surface area contributed by atoms with Crippen LogP contribution in [0.1, 0.15) is 16.1 Å². The molecule has 104 valence electrons. The fourth-order valence-electron chi connectivity index (χ4n) is 1.47. The van der Waals surface area contributed by atoms with Crippen molar-refractivity contribution in [2.45, 2.75) is 6.18 Å². The molecule has 0 unspecified atom stereocenters. The molecule has 1 N–H and O–H groups in total. The highest BCUT2D eigenvalue weighted by Gasteiger charge is 2.29. The van der Waals surface area contributed by atoms with Crippen LogP contribution in [0.3, 0.4) is 0 Å². The molecule has 0 atom stereocenters. The summed E-state index contributed by atoms with van der Waals surface area (Å²) in [6, 6.07) is 8.64. The largest absolute Gasteiger partial charge is 0.416 e. The highest BCUT2D eigenvalue weighted by atomic mass is 35.5. The third-order valence-electron chi connectivity index (χ3n) is 2.42. The standard InChI is InChI=1S/C13H8ClF3N2O/c14-11-3-1-2-10(19-11)12(20)18-9-6-4-8(5-7-9)13(15,16)17/h1-7H,(H,18,20). The fraction of sp³-hybridized carbons (Fsp3) is 0.0769. The second-order valence-electron chi connectivity index (χ2n) is 3.87. The number of nitrogens with one attached hydrogen (secondary N) is 1. The van der Waals surface area contributed by atoms with E-state index in [1.807, 2.05) is 0 Å². The maximum Gasteiger partial charge on any atom is 0.416 e. The molecule has 1 aromatic heterocycles. The molecule has 20 heavy (non-hydrogen) atoms. The Morgan fingerprint density at radius 3 is 2.30 bits per heavy atom. The van der Waals surface area contributed by atoms with Crippen molar-refractivity contribution in [3.05, 3.63) is 58.9 Å². The summed E-state index contributed by atoms with van der Waals surface area (Å²) in [4.78, 5) is 15.6. The van der Waals surface area contributed by atoms with Crippen LogP contribution in [0.4, 0.5) is 18.9 Å². The second-order valence-corrected chi connectivity index (χ2v) is 4.26. The van der Waals surface area contributed by atoms with Gasteiger partial charge in [-0.3, -0.25) is 4.79 Å². The van der Waals surface area contributed by atoms with Gasteiger partial charge in [-0.05, 0) is 36.4 Å². The van der Waals surface area contributed by atoms with Crippen LogP contribution in [0.25, 0.3) is 0 Å². The van der Waals surface area contributed by atoms with E-state index in [1.165, 1.54) is 24.3 Å². The van der Waals surface area contributed by atoms with Crippen molar-refractivity contribution in [3.8, 4) is 0 Å². The Kier molecular flexibility index (Phi) is 3.94. The first-order chi connectivity index (χ1) is 9.36. The molecule has 0 saturated heterocycles. The minimum atomic E-state index is -4.41. The number of hydrogen-bond donors (Lipinski definition) is 1. The second kappa shape index (κ2) is 5.50. The first-order valence-electron chi connectivity index (χ1n) is 5.47. The summed E-state index contributed by atoms with van der Waals surface area (Å²) in [7, 11) is 0.